The largest absolute Gasteiger partial charge is 0.495 e. The van der Waals surface area contributed by atoms with Gasteiger partial charge in [0.15, 0.2) is 0 Å². The summed E-state index contributed by atoms with van der Waals surface area (Å²) in [6, 6.07) is 16.3. The molecule has 156 valence electrons. The molecule has 0 bridgehead atoms. The van der Waals surface area contributed by atoms with E-state index < -0.39 is 11.8 Å². The predicted octanol–water partition coefficient (Wildman–Crippen LogP) is 3.16. The van der Waals surface area contributed by atoms with Crippen LogP contribution in [0.4, 0.5) is 5.69 Å². The fraction of sp³-hybridized carbons (Fsp3) is 0.190. The molecule has 3 rings (SSSR count). The van der Waals surface area contributed by atoms with Crippen molar-refractivity contribution < 1.29 is 18.8 Å². The molecule has 2 aromatic carbocycles. The molecule has 3 aromatic rings. The van der Waals surface area contributed by atoms with Crippen molar-refractivity contribution in [1.82, 2.24) is 16.0 Å². The van der Waals surface area contributed by atoms with Gasteiger partial charge in [0.2, 0.25) is 0 Å². The van der Waals surface area contributed by atoms with Crippen LogP contribution in [0.25, 0.3) is 0 Å². The van der Waals surface area contributed by atoms with E-state index in [0.717, 1.165) is 16.3 Å². The van der Waals surface area contributed by atoms with Crippen LogP contribution in [0.3, 0.4) is 0 Å². The number of anilines is 1. The number of ether oxygens (including phenoxy) is 1. The number of nitrogens with zero attached hydrogens (tertiary/aromatic N) is 1. The van der Waals surface area contributed by atoms with Crippen molar-refractivity contribution in [2.24, 2.45) is 0 Å². The standard InChI is InChI=1S/C21H22N4O4S/c1-14-11-15(29-25-14)13-30-19-10-6-3-7-16(19)21(27)24-23-20(26)12-22-17-8-4-5-9-18(17)28-2/h3-11,22H,12-13H2,1-2H3,(H,23,26)(H,24,27). The molecule has 1 aromatic heterocycles. The number of benzene rings is 2. The molecule has 1 heterocycles. The Labute approximate surface area is 178 Å². The summed E-state index contributed by atoms with van der Waals surface area (Å²) in [5, 5.41) is 6.83. The average molecular weight is 426 g/mol. The highest BCUT2D eigenvalue weighted by molar-refractivity contribution is 7.98. The highest BCUT2D eigenvalue weighted by Crippen LogP contribution is 2.26. The van der Waals surface area contributed by atoms with E-state index in [2.05, 4.69) is 21.3 Å². The maximum absolute atomic E-state index is 12.5. The minimum atomic E-state index is -0.405. The number of hydrazine groups is 1. The number of nitrogens with one attached hydrogen (secondary N) is 3. The maximum Gasteiger partial charge on any atom is 0.270 e. The zero-order valence-electron chi connectivity index (χ0n) is 16.6. The first kappa shape index (κ1) is 21.3. The Morgan fingerprint density at radius 2 is 1.87 bits per heavy atom. The van der Waals surface area contributed by atoms with Gasteiger partial charge >= 0.3 is 0 Å². The summed E-state index contributed by atoms with van der Waals surface area (Å²) in [4.78, 5) is 25.4. The number of carbonyl (C=O) groups excluding carboxylic acids is 2. The Balaban J connectivity index is 1.52. The quantitative estimate of drug-likeness (QED) is 0.375. The Morgan fingerprint density at radius 3 is 2.63 bits per heavy atom. The van der Waals surface area contributed by atoms with Crippen LogP contribution in [0.1, 0.15) is 21.8 Å². The molecule has 0 atom stereocenters. The molecule has 3 N–H and O–H groups in total. The Bertz CT molecular complexity index is 1020. The first-order valence-electron chi connectivity index (χ1n) is 9.17. The maximum atomic E-state index is 12.5. The third-order valence-electron chi connectivity index (χ3n) is 4.04. The molecule has 0 fully saturated rings. The molecule has 0 radical (unpaired) electrons. The first-order chi connectivity index (χ1) is 14.6. The number of aromatic nitrogens is 1. The van der Waals surface area contributed by atoms with E-state index in [9.17, 15) is 9.59 Å². The van der Waals surface area contributed by atoms with Crippen molar-refractivity contribution in [3.8, 4) is 5.75 Å². The van der Waals surface area contributed by atoms with Gasteiger partial charge in [-0.15, -0.1) is 11.8 Å². The van der Waals surface area contributed by atoms with Gasteiger partial charge < -0.3 is 14.6 Å². The average Bonchev–Trinajstić information content (AvgIpc) is 3.20. The molecule has 0 spiro atoms. The van der Waals surface area contributed by atoms with Gasteiger partial charge in [-0.3, -0.25) is 20.4 Å². The predicted molar refractivity (Wildman–Crippen MR) is 114 cm³/mol. The van der Waals surface area contributed by atoms with Gasteiger partial charge in [-0.05, 0) is 31.2 Å². The van der Waals surface area contributed by atoms with Crippen molar-refractivity contribution in [2.75, 3.05) is 19.0 Å². The Kier molecular flexibility index (Phi) is 7.34. The molecular formula is C21H22N4O4S. The van der Waals surface area contributed by atoms with Crippen LogP contribution in [0.15, 0.2) is 64.0 Å². The van der Waals surface area contributed by atoms with Crippen molar-refractivity contribution in [3.05, 3.63) is 71.6 Å². The lowest BCUT2D eigenvalue weighted by Gasteiger charge is -2.12. The number of amides is 2. The summed E-state index contributed by atoms with van der Waals surface area (Å²) in [7, 11) is 1.56. The van der Waals surface area contributed by atoms with Crippen molar-refractivity contribution in [2.45, 2.75) is 17.6 Å². The number of thioether (sulfide) groups is 1. The molecule has 0 unspecified atom stereocenters. The normalized spacial score (nSPS) is 10.3. The Hall–Kier alpha value is -3.46. The second-order valence-corrected chi connectivity index (χ2v) is 7.29. The summed E-state index contributed by atoms with van der Waals surface area (Å²) < 4.78 is 10.4. The molecule has 8 nitrogen and oxygen atoms in total. The number of rotatable bonds is 8. The molecule has 0 aliphatic heterocycles. The lowest BCUT2D eigenvalue weighted by molar-refractivity contribution is -0.120. The fourth-order valence-corrected chi connectivity index (χ4v) is 3.54. The van der Waals surface area contributed by atoms with Crippen LogP contribution >= 0.6 is 11.8 Å². The smallest absolute Gasteiger partial charge is 0.270 e. The SMILES string of the molecule is COc1ccccc1NCC(=O)NNC(=O)c1ccccc1SCc1cc(C)no1. The van der Waals surface area contributed by atoms with E-state index in [1.807, 2.05) is 37.3 Å². The van der Waals surface area contributed by atoms with Crippen LogP contribution in [-0.2, 0) is 10.5 Å². The van der Waals surface area contributed by atoms with Crippen molar-refractivity contribution >= 4 is 29.3 Å². The molecule has 30 heavy (non-hydrogen) atoms. The van der Waals surface area contributed by atoms with Crippen LogP contribution in [0.2, 0.25) is 0 Å². The summed E-state index contributed by atoms with van der Waals surface area (Å²) >= 11 is 1.45. The second kappa shape index (κ2) is 10.4. The topological polar surface area (TPSA) is 105 Å². The van der Waals surface area contributed by atoms with Crippen LogP contribution in [0, 0.1) is 6.92 Å². The summed E-state index contributed by atoms with van der Waals surface area (Å²) in [6.07, 6.45) is 0. The number of aryl methyl sites for hydroxylation is 1. The van der Waals surface area contributed by atoms with Gasteiger partial charge in [0, 0.05) is 11.0 Å². The van der Waals surface area contributed by atoms with Gasteiger partial charge in [-0.1, -0.05) is 29.4 Å². The number of hydrogen-bond donors (Lipinski definition) is 3. The van der Waals surface area contributed by atoms with Gasteiger partial charge in [0.05, 0.1) is 36.4 Å². The van der Waals surface area contributed by atoms with E-state index in [1.54, 1.807) is 31.4 Å². The summed E-state index contributed by atoms with van der Waals surface area (Å²) in [6.45, 7) is 1.83. The van der Waals surface area contributed by atoms with E-state index in [1.165, 1.54) is 11.8 Å². The van der Waals surface area contributed by atoms with Crippen LogP contribution in [-0.4, -0.2) is 30.6 Å². The molecule has 2 amide bonds. The number of carbonyl (C=O) groups is 2. The monoisotopic (exact) mass is 426 g/mol. The molecular weight excluding hydrogens is 404 g/mol. The lowest BCUT2D eigenvalue weighted by atomic mass is 10.2. The van der Waals surface area contributed by atoms with E-state index in [-0.39, 0.29) is 6.54 Å². The summed E-state index contributed by atoms with van der Waals surface area (Å²) in [5.74, 6) is 1.10. The summed E-state index contributed by atoms with van der Waals surface area (Å²) in [5.41, 5.74) is 6.81. The van der Waals surface area contributed by atoms with Gasteiger partial charge in [0.1, 0.15) is 11.5 Å². The number of methoxy groups -OCH3 is 1. The zero-order chi connectivity index (χ0) is 21.3. The van der Waals surface area contributed by atoms with Crippen molar-refractivity contribution in [3.63, 3.8) is 0 Å². The van der Waals surface area contributed by atoms with Gasteiger partial charge in [-0.2, -0.15) is 0 Å². The molecule has 9 heteroatoms. The first-order valence-corrected chi connectivity index (χ1v) is 10.2. The fourth-order valence-electron chi connectivity index (χ4n) is 2.62. The molecule has 0 aliphatic carbocycles. The zero-order valence-corrected chi connectivity index (χ0v) is 17.4. The van der Waals surface area contributed by atoms with Crippen molar-refractivity contribution in [1.29, 1.82) is 0 Å². The second-order valence-electron chi connectivity index (χ2n) is 6.28. The Morgan fingerprint density at radius 1 is 1.10 bits per heavy atom. The van der Waals surface area contributed by atoms with Crippen LogP contribution < -0.4 is 20.9 Å². The third-order valence-corrected chi connectivity index (χ3v) is 5.14. The van der Waals surface area contributed by atoms with Crippen LogP contribution in [0.5, 0.6) is 5.75 Å². The minimum Gasteiger partial charge on any atom is -0.495 e. The highest BCUT2D eigenvalue weighted by Gasteiger charge is 2.13. The molecule has 0 aliphatic rings. The molecule has 0 saturated heterocycles. The van der Waals surface area contributed by atoms with Gasteiger partial charge in [-0.25, -0.2) is 0 Å². The number of hydrogen-bond acceptors (Lipinski definition) is 7. The molecule has 0 saturated carbocycles. The lowest BCUT2D eigenvalue weighted by Crippen LogP contribution is -2.44. The third kappa shape index (κ3) is 5.77. The minimum absolute atomic E-state index is 0.0259. The van der Waals surface area contributed by atoms with Gasteiger partial charge in [0.25, 0.3) is 11.8 Å². The van der Waals surface area contributed by atoms with E-state index in [4.69, 9.17) is 9.26 Å². The van der Waals surface area contributed by atoms with E-state index in [0.29, 0.717) is 22.8 Å². The highest BCUT2D eigenvalue weighted by atomic mass is 32.2. The van der Waals surface area contributed by atoms with E-state index >= 15 is 0 Å². The number of para-hydroxylation sites is 2.